The summed E-state index contributed by atoms with van der Waals surface area (Å²) in [6.45, 7) is 14.6. The predicted molar refractivity (Wildman–Crippen MR) is 141 cm³/mol. The fourth-order valence-electron chi connectivity index (χ4n) is 10.8. The summed E-state index contributed by atoms with van der Waals surface area (Å²) < 4.78 is 48.0. The Morgan fingerprint density at radius 3 is 2.24 bits per heavy atom. The van der Waals surface area contributed by atoms with E-state index in [0.29, 0.717) is 18.3 Å². The summed E-state index contributed by atoms with van der Waals surface area (Å²) in [6.07, 6.45) is 4.70. The number of rotatable bonds is 1. The third kappa shape index (κ3) is 3.27. The van der Waals surface area contributed by atoms with Gasteiger partial charge in [-0.25, -0.2) is 0 Å². The average Bonchev–Trinajstić information content (AvgIpc) is 2.83. The van der Waals surface area contributed by atoms with Gasteiger partial charge in [-0.15, -0.1) is 0 Å². The van der Waals surface area contributed by atoms with Crippen LogP contribution in [-0.4, -0.2) is 25.0 Å². The molecule has 0 aromatic carbocycles. The van der Waals surface area contributed by atoms with E-state index in [-0.39, 0.29) is 34.6 Å². The molecule has 9 atom stereocenters. The van der Waals surface area contributed by atoms with Crippen LogP contribution in [0.3, 0.4) is 0 Å². The first kappa shape index (κ1) is 28.0. The number of alkyl halides is 3. The molecule has 0 bridgehead atoms. The number of esters is 1. The summed E-state index contributed by atoms with van der Waals surface area (Å²) in [7, 11) is 1.50. The molecule has 5 rings (SSSR count). The standard InChI is InChI=1S/C32H45F3O3/c1-18-11-14-31(26(37)38-8)16-15-29(6)20(24(31)19(18)2)9-10-23-28(5)17-21(32(33,34)35)25(36)27(3,4)22(28)12-13-30(23,29)7/h9,17-19,22-24H,10-16H2,1-8H3/t18-,19+,22+,23-,24+,28+,29-,30-,31+/m1/s1. The minimum absolute atomic E-state index is 0.0193. The van der Waals surface area contributed by atoms with Crippen LogP contribution in [0.1, 0.15) is 93.4 Å². The molecule has 0 spiro atoms. The number of allylic oxidation sites excluding steroid dienone is 4. The molecule has 0 saturated heterocycles. The van der Waals surface area contributed by atoms with Gasteiger partial charge in [0, 0.05) is 5.41 Å². The lowest BCUT2D eigenvalue weighted by Crippen LogP contribution is -2.65. The average molecular weight is 535 g/mol. The quantitative estimate of drug-likeness (QED) is 0.252. The van der Waals surface area contributed by atoms with Crippen molar-refractivity contribution in [3.63, 3.8) is 0 Å². The van der Waals surface area contributed by atoms with Gasteiger partial charge in [0.25, 0.3) is 0 Å². The van der Waals surface area contributed by atoms with Crippen LogP contribution in [0, 0.1) is 56.7 Å². The van der Waals surface area contributed by atoms with Crippen molar-refractivity contribution in [2.24, 2.45) is 56.7 Å². The molecule has 0 N–H and O–H groups in total. The summed E-state index contributed by atoms with van der Waals surface area (Å²) >= 11 is 0. The lowest BCUT2D eigenvalue weighted by molar-refractivity contribution is -0.181. The highest BCUT2D eigenvalue weighted by molar-refractivity contribution is 6.02. The van der Waals surface area contributed by atoms with Crippen LogP contribution in [0.25, 0.3) is 0 Å². The van der Waals surface area contributed by atoms with Crippen LogP contribution in [0.4, 0.5) is 13.2 Å². The number of carbonyl (C=O) groups excluding carboxylic acids is 2. The molecule has 5 aliphatic rings. The van der Waals surface area contributed by atoms with E-state index in [2.05, 4.69) is 33.8 Å². The molecule has 0 aromatic rings. The highest BCUT2D eigenvalue weighted by Crippen LogP contribution is 2.75. The van der Waals surface area contributed by atoms with Gasteiger partial charge in [-0.05, 0) is 90.8 Å². The van der Waals surface area contributed by atoms with Crippen molar-refractivity contribution in [3.8, 4) is 0 Å². The van der Waals surface area contributed by atoms with Crippen molar-refractivity contribution < 1.29 is 27.5 Å². The van der Waals surface area contributed by atoms with Crippen LogP contribution >= 0.6 is 0 Å². The minimum atomic E-state index is -4.66. The molecule has 0 aromatic heterocycles. The second-order valence-electron chi connectivity index (χ2n) is 14.8. The van der Waals surface area contributed by atoms with E-state index in [1.54, 1.807) is 13.8 Å². The van der Waals surface area contributed by atoms with Gasteiger partial charge in [-0.2, -0.15) is 13.2 Å². The van der Waals surface area contributed by atoms with Crippen molar-refractivity contribution in [2.45, 2.75) is 99.6 Å². The highest BCUT2D eigenvalue weighted by atomic mass is 19.4. The number of ether oxygens (including phenoxy) is 1. The molecule has 3 saturated carbocycles. The molecule has 212 valence electrons. The van der Waals surface area contributed by atoms with Crippen molar-refractivity contribution in [3.05, 3.63) is 23.3 Å². The first-order valence-corrected chi connectivity index (χ1v) is 14.6. The number of methoxy groups -OCH3 is 1. The number of carbonyl (C=O) groups is 2. The number of halogens is 3. The Bertz CT molecular complexity index is 1120. The number of Topliss-reactive ketones (excluding diaryl/α,β-unsaturated/α-hetero) is 1. The number of hydrogen-bond acceptors (Lipinski definition) is 3. The molecule has 0 aliphatic heterocycles. The van der Waals surface area contributed by atoms with E-state index in [1.807, 2.05) is 6.92 Å². The van der Waals surface area contributed by atoms with Gasteiger partial charge in [0.15, 0.2) is 5.78 Å². The largest absolute Gasteiger partial charge is 0.469 e. The summed E-state index contributed by atoms with van der Waals surface area (Å²) in [4.78, 5) is 26.5. The van der Waals surface area contributed by atoms with Gasteiger partial charge in [0.1, 0.15) is 0 Å². The Morgan fingerprint density at radius 1 is 0.974 bits per heavy atom. The monoisotopic (exact) mass is 534 g/mol. The zero-order valence-electron chi connectivity index (χ0n) is 24.3. The Morgan fingerprint density at radius 2 is 1.63 bits per heavy atom. The van der Waals surface area contributed by atoms with Gasteiger partial charge in [0.2, 0.25) is 0 Å². The second kappa shape index (κ2) is 8.22. The topological polar surface area (TPSA) is 43.4 Å². The van der Waals surface area contributed by atoms with Gasteiger partial charge < -0.3 is 4.74 Å². The maximum atomic E-state index is 14.2. The van der Waals surface area contributed by atoms with Crippen molar-refractivity contribution in [1.29, 1.82) is 0 Å². The van der Waals surface area contributed by atoms with Crippen molar-refractivity contribution >= 4 is 11.8 Å². The van der Waals surface area contributed by atoms with E-state index in [4.69, 9.17) is 4.74 Å². The van der Waals surface area contributed by atoms with Gasteiger partial charge in [-0.3, -0.25) is 9.59 Å². The third-order valence-corrected chi connectivity index (χ3v) is 13.2. The van der Waals surface area contributed by atoms with Crippen LogP contribution in [0.15, 0.2) is 23.3 Å². The fourth-order valence-corrected chi connectivity index (χ4v) is 10.8. The van der Waals surface area contributed by atoms with Gasteiger partial charge in [-0.1, -0.05) is 66.2 Å². The maximum Gasteiger partial charge on any atom is 0.419 e. The Labute approximate surface area is 226 Å². The molecule has 5 aliphatic carbocycles. The molecule has 3 nitrogen and oxygen atoms in total. The van der Waals surface area contributed by atoms with Gasteiger partial charge >= 0.3 is 12.1 Å². The van der Waals surface area contributed by atoms with E-state index < -0.39 is 33.8 Å². The smallest absolute Gasteiger partial charge is 0.419 e. The zero-order chi connectivity index (χ0) is 28.3. The Kier molecular flexibility index (Phi) is 6.05. The lowest BCUT2D eigenvalue weighted by atomic mass is 9.34. The highest BCUT2D eigenvalue weighted by Gasteiger charge is 2.70. The van der Waals surface area contributed by atoms with E-state index in [9.17, 15) is 22.8 Å². The Balaban J connectivity index is 1.67. The first-order valence-electron chi connectivity index (χ1n) is 14.6. The molecule has 6 heteroatoms. The number of hydrogen-bond donors (Lipinski definition) is 0. The van der Waals surface area contributed by atoms with Crippen LogP contribution in [0.5, 0.6) is 0 Å². The molecule has 0 heterocycles. The van der Waals surface area contributed by atoms with Gasteiger partial charge in [0.05, 0.1) is 18.1 Å². The zero-order valence-corrected chi connectivity index (χ0v) is 24.3. The fraction of sp³-hybridized carbons (Fsp3) is 0.812. The second-order valence-corrected chi connectivity index (χ2v) is 14.8. The van der Waals surface area contributed by atoms with Crippen LogP contribution in [-0.2, 0) is 14.3 Å². The third-order valence-electron chi connectivity index (χ3n) is 13.2. The predicted octanol–water partition coefficient (Wildman–Crippen LogP) is 8.09. The van der Waals surface area contributed by atoms with Crippen LogP contribution in [0.2, 0.25) is 0 Å². The maximum absolute atomic E-state index is 14.2. The minimum Gasteiger partial charge on any atom is -0.469 e. The van der Waals surface area contributed by atoms with Crippen molar-refractivity contribution in [2.75, 3.05) is 7.11 Å². The van der Waals surface area contributed by atoms with Crippen LogP contribution < -0.4 is 0 Å². The molecule has 0 amide bonds. The molecule has 0 unspecified atom stereocenters. The molecule has 3 fully saturated rings. The molecular formula is C32H45F3O3. The summed E-state index contributed by atoms with van der Waals surface area (Å²) in [5.74, 6) is -0.125. The summed E-state index contributed by atoms with van der Waals surface area (Å²) in [5.41, 5.74) is -2.42. The van der Waals surface area contributed by atoms with E-state index in [0.717, 1.165) is 38.5 Å². The molecular weight excluding hydrogens is 489 g/mol. The molecule has 38 heavy (non-hydrogen) atoms. The van der Waals surface area contributed by atoms with E-state index in [1.165, 1.54) is 18.8 Å². The summed E-state index contributed by atoms with van der Waals surface area (Å²) in [6, 6.07) is 0. The Hall–Kier alpha value is -1.59. The SMILES string of the molecule is COC(=O)[C@]12CC[C@@H](C)[C@H](C)[C@H]1C1=CC[C@@H]3[C@@]4(C)C=C(C(F)(F)F)C(=O)C(C)(C)[C@@H]4CC[C@@]3(C)[C@]1(C)CC2. The normalized spacial score (nSPS) is 48.0. The first-order chi connectivity index (χ1) is 17.4. The lowest BCUT2D eigenvalue weighted by Gasteiger charge is -2.70. The number of fused-ring (bicyclic) bond motifs is 7. The van der Waals surface area contributed by atoms with Crippen molar-refractivity contribution in [1.82, 2.24) is 0 Å². The number of ketones is 1. The van der Waals surface area contributed by atoms with E-state index >= 15 is 0 Å². The molecule has 0 radical (unpaired) electrons. The summed E-state index contributed by atoms with van der Waals surface area (Å²) in [5, 5.41) is 0.